The van der Waals surface area contributed by atoms with Gasteiger partial charge in [0.2, 0.25) is 5.95 Å². The van der Waals surface area contributed by atoms with E-state index < -0.39 is 5.97 Å². The predicted octanol–water partition coefficient (Wildman–Crippen LogP) is 2.42. The summed E-state index contributed by atoms with van der Waals surface area (Å²) in [6, 6.07) is 10.0. The van der Waals surface area contributed by atoms with E-state index in [9.17, 15) is 9.59 Å². The van der Waals surface area contributed by atoms with Gasteiger partial charge in [0.05, 0.1) is 24.9 Å². The van der Waals surface area contributed by atoms with Crippen LogP contribution in [0.4, 0.5) is 5.95 Å². The second-order valence-corrected chi connectivity index (χ2v) is 7.25. The Bertz CT molecular complexity index is 1270. The van der Waals surface area contributed by atoms with Gasteiger partial charge in [-0.2, -0.15) is 10.1 Å². The van der Waals surface area contributed by atoms with Gasteiger partial charge in [0.15, 0.2) is 11.2 Å². The van der Waals surface area contributed by atoms with Gasteiger partial charge in [0.25, 0.3) is 5.56 Å². The minimum atomic E-state index is -0.418. The SMILES string of the molecule is CCCn1c(NCC(=O)OCC)nc2nc(-c3cnn(Cc4ccccc4)c3)[nH]c2c1=O. The van der Waals surface area contributed by atoms with E-state index in [0.29, 0.717) is 24.4 Å². The van der Waals surface area contributed by atoms with Crippen LogP contribution in [0.15, 0.2) is 47.5 Å². The van der Waals surface area contributed by atoms with Crippen LogP contribution in [0.5, 0.6) is 0 Å². The number of benzene rings is 1. The molecule has 0 radical (unpaired) electrons. The molecule has 3 heterocycles. The molecule has 0 aliphatic heterocycles. The van der Waals surface area contributed by atoms with Crippen LogP contribution in [0, 0.1) is 0 Å². The number of rotatable bonds is 9. The third kappa shape index (κ3) is 4.53. The maximum absolute atomic E-state index is 13.1. The van der Waals surface area contributed by atoms with Gasteiger partial charge < -0.3 is 15.0 Å². The van der Waals surface area contributed by atoms with Crippen LogP contribution in [0.25, 0.3) is 22.6 Å². The lowest BCUT2D eigenvalue weighted by Crippen LogP contribution is -2.27. The highest BCUT2D eigenvalue weighted by Crippen LogP contribution is 2.19. The molecular formula is C22H25N7O3. The normalized spacial score (nSPS) is 11.1. The quantitative estimate of drug-likeness (QED) is 0.387. The first-order valence-electron chi connectivity index (χ1n) is 10.6. The van der Waals surface area contributed by atoms with E-state index in [2.05, 4.69) is 25.4 Å². The lowest BCUT2D eigenvalue weighted by molar-refractivity contribution is -0.140. The van der Waals surface area contributed by atoms with Gasteiger partial charge in [-0.1, -0.05) is 37.3 Å². The Morgan fingerprint density at radius 1 is 1.19 bits per heavy atom. The van der Waals surface area contributed by atoms with Gasteiger partial charge in [0.1, 0.15) is 12.4 Å². The van der Waals surface area contributed by atoms with Gasteiger partial charge in [0, 0.05) is 12.7 Å². The maximum atomic E-state index is 13.1. The minimum absolute atomic E-state index is 0.0843. The van der Waals surface area contributed by atoms with Crippen LogP contribution < -0.4 is 10.9 Å². The number of aromatic amines is 1. The Kier molecular flexibility index (Phi) is 6.29. The molecule has 1 aromatic carbocycles. The molecule has 0 bridgehead atoms. The lowest BCUT2D eigenvalue weighted by Gasteiger charge is -2.12. The van der Waals surface area contributed by atoms with Crippen molar-refractivity contribution in [1.29, 1.82) is 0 Å². The van der Waals surface area contributed by atoms with E-state index in [4.69, 9.17) is 4.74 Å². The number of esters is 1. The molecule has 0 aliphatic carbocycles. The molecule has 0 fully saturated rings. The molecule has 0 aliphatic rings. The van der Waals surface area contributed by atoms with E-state index in [0.717, 1.165) is 17.5 Å². The Morgan fingerprint density at radius 3 is 2.75 bits per heavy atom. The molecule has 166 valence electrons. The highest BCUT2D eigenvalue weighted by atomic mass is 16.5. The highest BCUT2D eigenvalue weighted by Gasteiger charge is 2.17. The molecule has 2 N–H and O–H groups in total. The first kappa shape index (κ1) is 21.3. The van der Waals surface area contributed by atoms with Crippen LogP contribution in [-0.2, 0) is 22.6 Å². The zero-order chi connectivity index (χ0) is 22.5. The average molecular weight is 435 g/mol. The number of carbonyl (C=O) groups is 1. The zero-order valence-corrected chi connectivity index (χ0v) is 18.0. The lowest BCUT2D eigenvalue weighted by atomic mass is 10.2. The fourth-order valence-corrected chi connectivity index (χ4v) is 3.39. The number of anilines is 1. The van der Waals surface area contributed by atoms with E-state index in [-0.39, 0.29) is 30.3 Å². The molecule has 3 aromatic heterocycles. The number of nitrogens with one attached hydrogen (secondary N) is 2. The van der Waals surface area contributed by atoms with Crippen LogP contribution in [0.3, 0.4) is 0 Å². The van der Waals surface area contributed by atoms with Crippen molar-refractivity contribution in [3.05, 3.63) is 58.6 Å². The first-order valence-corrected chi connectivity index (χ1v) is 10.6. The van der Waals surface area contributed by atoms with Gasteiger partial charge in [-0.3, -0.25) is 18.8 Å². The van der Waals surface area contributed by atoms with E-state index in [1.165, 1.54) is 4.57 Å². The van der Waals surface area contributed by atoms with Crippen molar-refractivity contribution >= 4 is 23.1 Å². The summed E-state index contributed by atoms with van der Waals surface area (Å²) in [6.07, 6.45) is 4.30. The predicted molar refractivity (Wildman–Crippen MR) is 120 cm³/mol. The molecule has 0 atom stereocenters. The molecule has 4 aromatic rings. The number of nitrogens with zero attached hydrogens (tertiary/aromatic N) is 5. The number of imidazole rings is 1. The summed E-state index contributed by atoms with van der Waals surface area (Å²) in [5, 5.41) is 7.30. The number of aromatic nitrogens is 6. The van der Waals surface area contributed by atoms with Crippen LogP contribution in [0.2, 0.25) is 0 Å². The summed E-state index contributed by atoms with van der Waals surface area (Å²) in [4.78, 5) is 36.9. The molecule has 0 saturated heterocycles. The summed E-state index contributed by atoms with van der Waals surface area (Å²) < 4.78 is 8.26. The van der Waals surface area contributed by atoms with Crippen molar-refractivity contribution in [3.63, 3.8) is 0 Å². The summed E-state index contributed by atoms with van der Waals surface area (Å²) in [5.74, 6) is 0.378. The Balaban J connectivity index is 1.64. The second kappa shape index (κ2) is 9.46. The van der Waals surface area contributed by atoms with Gasteiger partial charge in [-0.05, 0) is 18.9 Å². The van der Waals surface area contributed by atoms with Crippen molar-refractivity contribution in [2.24, 2.45) is 0 Å². The van der Waals surface area contributed by atoms with Crippen molar-refractivity contribution in [3.8, 4) is 11.4 Å². The molecule has 4 rings (SSSR count). The fraction of sp³-hybridized carbons (Fsp3) is 0.318. The Morgan fingerprint density at radius 2 is 2.00 bits per heavy atom. The summed E-state index contributed by atoms with van der Waals surface area (Å²) in [7, 11) is 0. The second-order valence-electron chi connectivity index (χ2n) is 7.25. The highest BCUT2D eigenvalue weighted by molar-refractivity contribution is 5.77. The smallest absolute Gasteiger partial charge is 0.325 e. The third-order valence-corrected chi connectivity index (χ3v) is 4.85. The molecular weight excluding hydrogens is 410 g/mol. The van der Waals surface area contributed by atoms with Gasteiger partial charge >= 0.3 is 5.97 Å². The first-order chi connectivity index (χ1) is 15.6. The van der Waals surface area contributed by atoms with E-state index >= 15 is 0 Å². The summed E-state index contributed by atoms with van der Waals surface area (Å²) in [6.45, 7) is 4.99. The number of H-pyrrole nitrogens is 1. The van der Waals surface area contributed by atoms with E-state index in [1.54, 1.807) is 13.1 Å². The van der Waals surface area contributed by atoms with Crippen molar-refractivity contribution < 1.29 is 9.53 Å². The van der Waals surface area contributed by atoms with E-state index in [1.807, 2.05) is 48.1 Å². The largest absolute Gasteiger partial charge is 0.465 e. The van der Waals surface area contributed by atoms with Crippen molar-refractivity contribution in [2.75, 3.05) is 18.5 Å². The standard InChI is InChI=1S/C22H25N7O3/c1-3-10-29-21(31)18-20(27-22(29)23-12-17(30)32-4-2)26-19(25-18)16-11-24-28(14-16)13-15-8-6-5-7-9-15/h5-9,11,14H,3-4,10,12-13H2,1-2H3,(H,23,27)(H,25,26). The van der Waals surface area contributed by atoms with Gasteiger partial charge in [-0.15, -0.1) is 0 Å². The number of ether oxygens (including phenoxy) is 1. The number of fused-ring (bicyclic) bond motifs is 1. The van der Waals surface area contributed by atoms with Crippen LogP contribution >= 0.6 is 0 Å². The maximum Gasteiger partial charge on any atom is 0.325 e. The molecule has 0 amide bonds. The zero-order valence-electron chi connectivity index (χ0n) is 18.0. The van der Waals surface area contributed by atoms with Crippen molar-refractivity contribution in [2.45, 2.75) is 33.4 Å². The average Bonchev–Trinajstić information content (AvgIpc) is 3.43. The fourth-order valence-electron chi connectivity index (χ4n) is 3.39. The molecule has 10 nitrogen and oxygen atoms in total. The Labute approximate surface area is 184 Å². The van der Waals surface area contributed by atoms with Crippen LogP contribution in [-0.4, -0.2) is 48.4 Å². The Hall–Kier alpha value is -3.95. The minimum Gasteiger partial charge on any atom is -0.465 e. The molecule has 10 heteroatoms. The van der Waals surface area contributed by atoms with Gasteiger partial charge in [-0.25, -0.2) is 4.98 Å². The monoisotopic (exact) mass is 435 g/mol. The topological polar surface area (TPSA) is 120 Å². The third-order valence-electron chi connectivity index (χ3n) is 4.85. The molecule has 0 spiro atoms. The number of hydrogen-bond donors (Lipinski definition) is 2. The number of carbonyl (C=O) groups excluding carboxylic acids is 1. The van der Waals surface area contributed by atoms with Crippen molar-refractivity contribution in [1.82, 2.24) is 29.3 Å². The number of hydrogen-bond acceptors (Lipinski definition) is 7. The summed E-state index contributed by atoms with van der Waals surface area (Å²) in [5.41, 5.74) is 2.22. The molecule has 32 heavy (non-hydrogen) atoms. The molecule has 0 saturated carbocycles. The summed E-state index contributed by atoms with van der Waals surface area (Å²) >= 11 is 0. The molecule has 0 unspecified atom stereocenters. The van der Waals surface area contributed by atoms with Crippen LogP contribution in [0.1, 0.15) is 25.8 Å².